The molecular formula is C20H30N4O4S. The van der Waals surface area contributed by atoms with Crippen molar-refractivity contribution in [3.05, 3.63) is 29.3 Å². The second kappa shape index (κ2) is 9.58. The lowest BCUT2D eigenvalue weighted by Crippen LogP contribution is -2.50. The van der Waals surface area contributed by atoms with Crippen molar-refractivity contribution in [3.8, 4) is 0 Å². The van der Waals surface area contributed by atoms with E-state index < -0.39 is 16.1 Å². The number of primary amides is 1. The Morgan fingerprint density at radius 1 is 1.00 bits per heavy atom. The summed E-state index contributed by atoms with van der Waals surface area (Å²) in [6.45, 7) is 2.02. The first-order valence-electron chi connectivity index (χ1n) is 10.3. The third-order valence-corrected chi connectivity index (χ3v) is 7.56. The number of unbranched alkanes of at least 4 members (excludes halogenated alkanes) is 2. The highest BCUT2D eigenvalue weighted by Gasteiger charge is 2.30. The molecule has 0 bridgehead atoms. The molecule has 1 aliphatic heterocycles. The van der Waals surface area contributed by atoms with Gasteiger partial charge in [0.05, 0.1) is 4.90 Å². The van der Waals surface area contributed by atoms with Crippen molar-refractivity contribution in [1.29, 1.82) is 0 Å². The summed E-state index contributed by atoms with van der Waals surface area (Å²) in [6.07, 6.45) is 5.85. The topological polar surface area (TPSA) is 113 Å². The van der Waals surface area contributed by atoms with Gasteiger partial charge in [-0.05, 0) is 55.4 Å². The lowest BCUT2D eigenvalue weighted by atomic mass is 10.1. The molecule has 1 aromatic carbocycles. The molecule has 0 radical (unpaired) electrons. The van der Waals surface area contributed by atoms with Gasteiger partial charge in [0.1, 0.15) is 0 Å². The molecule has 3 rings (SSSR count). The number of piperazine rings is 1. The third-order valence-electron chi connectivity index (χ3n) is 5.67. The molecule has 9 heteroatoms. The molecule has 0 saturated carbocycles. The van der Waals surface area contributed by atoms with Gasteiger partial charge in [-0.15, -0.1) is 0 Å². The predicted molar refractivity (Wildman–Crippen MR) is 110 cm³/mol. The van der Waals surface area contributed by atoms with E-state index in [0.29, 0.717) is 44.0 Å². The van der Waals surface area contributed by atoms with Crippen molar-refractivity contribution in [2.45, 2.75) is 49.8 Å². The summed E-state index contributed by atoms with van der Waals surface area (Å²) >= 11 is 0. The fraction of sp³-hybridized carbons (Fsp3) is 0.600. The van der Waals surface area contributed by atoms with E-state index in [0.717, 1.165) is 44.1 Å². The monoisotopic (exact) mass is 422 g/mol. The number of carbonyl (C=O) groups is 2. The predicted octanol–water partition coefficient (Wildman–Crippen LogP) is 1.24. The maximum Gasteiger partial charge on any atom is 0.312 e. The zero-order valence-electron chi connectivity index (χ0n) is 16.7. The number of nitrogens with one attached hydrogen (secondary N) is 1. The molecule has 0 aromatic heterocycles. The molecule has 3 N–H and O–H groups in total. The molecule has 2 aliphatic rings. The van der Waals surface area contributed by atoms with Gasteiger partial charge in [-0.25, -0.2) is 13.2 Å². The van der Waals surface area contributed by atoms with Gasteiger partial charge in [-0.3, -0.25) is 4.79 Å². The van der Waals surface area contributed by atoms with Crippen molar-refractivity contribution in [2.75, 3.05) is 32.7 Å². The summed E-state index contributed by atoms with van der Waals surface area (Å²) in [5, 5.41) is 2.52. The lowest BCUT2D eigenvalue weighted by molar-refractivity contribution is -0.132. The number of benzene rings is 1. The number of hydrogen-bond donors (Lipinski definition) is 2. The van der Waals surface area contributed by atoms with Gasteiger partial charge in [0, 0.05) is 39.1 Å². The molecule has 1 fully saturated rings. The summed E-state index contributed by atoms with van der Waals surface area (Å²) in [7, 11) is -3.52. The van der Waals surface area contributed by atoms with Gasteiger partial charge in [0.15, 0.2) is 0 Å². The van der Waals surface area contributed by atoms with Crippen LogP contribution in [0.3, 0.4) is 0 Å². The Morgan fingerprint density at radius 3 is 2.45 bits per heavy atom. The average molecular weight is 423 g/mol. The SMILES string of the molecule is NC(=O)NCCCCCC(=O)N1CCN(S(=O)(=O)c2ccc3c(c2)CCC3)CC1. The highest BCUT2D eigenvalue weighted by molar-refractivity contribution is 7.89. The third kappa shape index (κ3) is 5.48. The number of sulfonamides is 1. The molecule has 3 amide bonds. The van der Waals surface area contributed by atoms with Gasteiger partial charge in [0.2, 0.25) is 15.9 Å². The molecule has 29 heavy (non-hydrogen) atoms. The molecule has 1 aromatic rings. The van der Waals surface area contributed by atoms with Gasteiger partial charge in [-0.1, -0.05) is 12.5 Å². The van der Waals surface area contributed by atoms with E-state index in [9.17, 15) is 18.0 Å². The first-order valence-corrected chi connectivity index (χ1v) is 11.7. The van der Waals surface area contributed by atoms with Crippen LogP contribution in [-0.4, -0.2) is 62.3 Å². The van der Waals surface area contributed by atoms with Crippen LogP contribution >= 0.6 is 0 Å². The number of fused-ring (bicyclic) bond motifs is 1. The normalized spacial score (nSPS) is 17.2. The van der Waals surface area contributed by atoms with E-state index in [1.54, 1.807) is 11.0 Å². The van der Waals surface area contributed by atoms with Crippen LogP contribution in [0.15, 0.2) is 23.1 Å². The van der Waals surface area contributed by atoms with Gasteiger partial charge in [0.25, 0.3) is 0 Å². The van der Waals surface area contributed by atoms with Crippen molar-refractivity contribution in [3.63, 3.8) is 0 Å². The second-order valence-corrected chi connectivity index (χ2v) is 9.61. The molecule has 1 heterocycles. The smallest absolute Gasteiger partial charge is 0.312 e. The number of nitrogens with zero attached hydrogens (tertiary/aromatic N) is 2. The Hall–Kier alpha value is -2.13. The summed E-state index contributed by atoms with van der Waals surface area (Å²) < 4.78 is 27.4. The lowest BCUT2D eigenvalue weighted by Gasteiger charge is -2.34. The Balaban J connectivity index is 1.45. The summed E-state index contributed by atoms with van der Waals surface area (Å²) in [4.78, 5) is 25.1. The summed E-state index contributed by atoms with van der Waals surface area (Å²) in [5.74, 6) is 0.0578. The average Bonchev–Trinajstić information content (AvgIpc) is 3.18. The summed E-state index contributed by atoms with van der Waals surface area (Å²) in [6, 6.07) is 4.94. The van der Waals surface area contributed by atoms with Crippen molar-refractivity contribution < 1.29 is 18.0 Å². The van der Waals surface area contributed by atoms with Gasteiger partial charge >= 0.3 is 6.03 Å². The van der Waals surface area contributed by atoms with Gasteiger partial charge in [-0.2, -0.15) is 4.31 Å². The largest absolute Gasteiger partial charge is 0.352 e. The minimum absolute atomic E-state index is 0.0578. The maximum atomic E-state index is 13.0. The zero-order chi connectivity index (χ0) is 20.9. The second-order valence-electron chi connectivity index (χ2n) is 7.67. The number of amides is 3. The first-order chi connectivity index (χ1) is 13.9. The van der Waals surface area contributed by atoms with Crippen LogP contribution in [0, 0.1) is 0 Å². The van der Waals surface area contributed by atoms with Crippen molar-refractivity contribution in [2.24, 2.45) is 5.73 Å². The molecule has 1 aliphatic carbocycles. The van der Waals surface area contributed by atoms with E-state index >= 15 is 0 Å². The zero-order valence-corrected chi connectivity index (χ0v) is 17.5. The van der Waals surface area contributed by atoms with Crippen LogP contribution in [0.2, 0.25) is 0 Å². The van der Waals surface area contributed by atoms with Gasteiger partial charge < -0.3 is 16.0 Å². The first kappa shape index (κ1) is 21.6. The number of aryl methyl sites for hydroxylation is 2. The molecule has 1 saturated heterocycles. The number of hydrogen-bond acceptors (Lipinski definition) is 4. The highest BCUT2D eigenvalue weighted by atomic mass is 32.2. The van der Waals surface area contributed by atoms with Crippen LogP contribution in [0.25, 0.3) is 0 Å². The standard InChI is InChI=1S/C20H30N4O4S/c21-20(26)22-10-3-1-2-7-19(25)23-11-13-24(14-12-23)29(27,28)18-9-8-16-5-4-6-17(16)15-18/h8-9,15H,1-7,10-14H2,(H3,21,22,26). The van der Waals surface area contributed by atoms with Crippen LogP contribution in [0.4, 0.5) is 4.79 Å². The van der Waals surface area contributed by atoms with E-state index in [2.05, 4.69) is 5.32 Å². The quantitative estimate of drug-likeness (QED) is 0.614. The van der Waals surface area contributed by atoms with Crippen LogP contribution < -0.4 is 11.1 Å². The number of nitrogens with two attached hydrogens (primary N) is 1. The Labute approximate surface area is 172 Å². The Morgan fingerprint density at radius 2 is 1.72 bits per heavy atom. The van der Waals surface area contributed by atoms with Crippen LogP contribution in [0.5, 0.6) is 0 Å². The van der Waals surface area contributed by atoms with Crippen LogP contribution in [0.1, 0.15) is 43.2 Å². The van der Waals surface area contributed by atoms with E-state index in [-0.39, 0.29) is 5.91 Å². The van der Waals surface area contributed by atoms with E-state index in [4.69, 9.17) is 5.73 Å². The molecule has 0 atom stereocenters. The fourth-order valence-electron chi connectivity index (χ4n) is 3.98. The van der Waals surface area contributed by atoms with Crippen molar-refractivity contribution >= 4 is 22.0 Å². The molecule has 0 spiro atoms. The number of carbonyl (C=O) groups excluding carboxylic acids is 2. The van der Waals surface area contributed by atoms with Crippen LogP contribution in [-0.2, 0) is 27.7 Å². The van der Waals surface area contributed by atoms with Crippen molar-refractivity contribution in [1.82, 2.24) is 14.5 Å². The Kier molecular flexibility index (Phi) is 7.13. The summed E-state index contributed by atoms with van der Waals surface area (Å²) in [5.41, 5.74) is 7.40. The number of rotatable bonds is 8. The van der Waals surface area contributed by atoms with E-state index in [1.165, 1.54) is 9.87 Å². The highest BCUT2D eigenvalue weighted by Crippen LogP contribution is 2.26. The fourth-order valence-corrected chi connectivity index (χ4v) is 5.46. The minimum Gasteiger partial charge on any atom is -0.352 e. The number of urea groups is 1. The minimum atomic E-state index is -3.52. The molecule has 160 valence electrons. The maximum absolute atomic E-state index is 13.0. The molecule has 0 unspecified atom stereocenters. The van der Waals surface area contributed by atoms with E-state index in [1.807, 2.05) is 12.1 Å². The molecule has 8 nitrogen and oxygen atoms in total. The Bertz CT molecular complexity index is 848. The molecular weight excluding hydrogens is 392 g/mol.